The van der Waals surface area contributed by atoms with Gasteiger partial charge in [0.05, 0.1) is 35.3 Å². The molecular weight excluding hydrogens is 358 g/mol. The topological polar surface area (TPSA) is 88.7 Å². The molecule has 7 heteroatoms. The molecule has 0 radical (unpaired) electrons. The summed E-state index contributed by atoms with van der Waals surface area (Å²) in [6.45, 7) is 4.97. The number of aliphatic hydroxyl groups is 1. The molecule has 0 spiro atoms. The van der Waals surface area contributed by atoms with Gasteiger partial charge >= 0.3 is 0 Å². The van der Waals surface area contributed by atoms with Crippen molar-refractivity contribution in [3.8, 4) is 5.75 Å². The van der Waals surface area contributed by atoms with Gasteiger partial charge in [0, 0.05) is 24.7 Å². The van der Waals surface area contributed by atoms with Crippen LogP contribution in [0.3, 0.4) is 0 Å². The van der Waals surface area contributed by atoms with Crippen molar-refractivity contribution in [3.05, 3.63) is 52.8 Å². The van der Waals surface area contributed by atoms with Gasteiger partial charge in [0.25, 0.3) is 11.6 Å². The molecule has 7 nitrogen and oxygen atoms in total. The van der Waals surface area contributed by atoms with E-state index in [1.54, 1.807) is 6.07 Å². The molecule has 0 bridgehead atoms. The number of aryl methyl sites for hydroxylation is 2. The zero-order valence-corrected chi connectivity index (χ0v) is 15.8. The number of hydrogen-bond donors (Lipinski definition) is 1. The number of aliphatic hydroxyl groups excluding tert-OH is 1. The predicted molar refractivity (Wildman–Crippen MR) is 101 cm³/mol. The lowest BCUT2D eigenvalue weighted by atomic mass is 9.74. The summed E-state index contributed by atoms with van der Waals surface area (Å²) in [5, 5.41) is 14.8. The van der Waals surface area contributed by atoms with Crippen LogP contribution in [0.2, 0.25) is 0 Å². The summed E-state index contributed by atoms with van der Waals surface area (Å²) >= 11 is 0. The van der Waals surface area contributed by atoms with E-state index in [1.807, 2.05) is 43.0 Å². The van der Waals surface area contributed by atoms with Gasteiger partial charge in [0.15, 0.2) is 0 Å². The summed E-state index contributed by atoms with van der Waals surface area (Å²) in [5.74, 6) is 0.776. The van der Waals surface area contributed by atoms with E-state index in [2.05, 4.69) is 10.1 Å². The van der Waals surface area contributed by atoms with E-state index in [0.29, 0.717) is 47.7 Å². The largest absolute Gasteiger partial charge is 0.493 e. The lowest BCUT2D eigenvalue weighted by Gasteiger charge is -2.37. The molecule has 4 heterocycles. The highest BCUT2D eigenvalue weighted by Gasteiger charge is 2.52. The van der Waals surface area contributed by atoms with Crippen LogP contribution in [0.15, 0.2) is 34.9 Å². The van der Waals surface area contributed by atoms with Gasteiger partial charge in [-0.1, -0.05) is 23.4 Å². The fourth-order valence-electron chi connectivity index (χ4n) is 4.58. The maximum atomic E-state index is 13.5. The monoisotopic (exact) mass is 379 g/mol. The molecule has 0 unspecified atom stereocenters. The summed E-state index contributed by atoms with van der Waals surface area (Å²) in [5.41, 5.74) is 2.83. The van der Waals surface area contributed by atoms with Crippen LogP contribution in [0.5, 0.6) is 5.75 Å². The van der Waals surface area contributed by atoms with Crippen LogP contribution in [0.4, 0.5) is 0 Å². The summed E-state index contributed by atoms with van der Waals surface area (Å²) < 4.78 is 11.2. The third kappa shape index (κ3) is 2.36. The van der Waals surface area contributed by atoms with Crippen LogP contribution in [-0.2, 0) is 0 Å². The van der Waals surface area contributed by atoms with Gasteiger partial charge in [-0.3, -0.25) is 4.79 Å². The van der Waals surface area contributed by atoms with Gasteiger partial charge in [-0.25, -0.2) is 4.98 Å². The van der Waals surface area contributed by atoms with E-state index >= 15 is 0 Å². The normalized spacial score (nSPS) is 23.4. The highest BCUT2D eigenvalue weighted by atomic mass is 16.5. The van der Waals surface area contributed by atoms with Gasteiger partial charge in [0.2, 0.25) is 0 Å². The van der Waals surface area contributed by atoms with Crippen LogP contribution >= 0.6 is 0 Å². The van der Waals surface area contributed by atoms with Crippen LogP contribution in [0.25, 0.3) is 11.1 Å². The molecule has 28 heavy (non-hydrogen) atoms. The standard InChI is InChI=1S/C21H21N3O4/c1-12-7-15(18-13(2)23-28-19(18)22-12)20(26)24-8-16-14-5-3-4-6-17(14)27-11-21(16,9-24)10-25/h3-7,16,25H,8-11H2,1-2H3/t16-,21-/m1/s1. The fourth-order valence-corrected chi connectivity index (χ4v) is 4.58. The smallest absolute Gasteiger partial charge is 0.258 e. The number of likely N-dealkylation sites (tertiary alicyclic amines) is 1. The number of carbonyl (C=O) groups excluding carboxylic acids is 1. The van der Waals surface area contributed by atoms with Crippen LogP contribution in [0, 0.1) is 19.3 Å². The third-order valence-electron chi connectivity index (χ3n) is 6.04. The Bertz CT molecular complexity index is 1090. The first-order chi connectivity index (χ1) is 13.5. The van der Waals surface area contributed by atoms with Crippen molar-refractivity contribution in [2.45, 2.75) is 19.8 Å². The van der Waals surface area contributed by atoms with Crippen molar-refractivity contribution in [1.29, 1.82) is 0 Å². The second kappa shape index (κ2) is 6.04. The molecule has 0 saturated carbocycles. The van der Waals surface area contributed by atoms with E-state index < -0.39 is 5.41 Å². The zero-order chi connectivity index (χ0) is 19.5. The lowest BCUT2D eigenvalue weighted by molar-refractivity contribution is 0.0440. The highest BCUT2D eigenvalue weighted by molar-refractivity contribution is 6.06. The molecule has 2 atom stereocenters. The summed E-state index contributed by atoms with van der Waals surface area (Å²) in [7, 11) is 0. The molecular formula is C21H21N3O4. The Hall–Kier alpha value is -2.93. The van der Waals surface area contributed by atoms with E-state index in [-0.39, 0.29) is 18.4 Å². The number of fused-ring (bicyclic) bond motifs is 4. The Morgan fingerprint density at radius 1 is 1.36 bits per heavy atom. The maximum absolute atomic E-state index is 13.5. The third-order valence-corrected chi connectivity index (χ3v) is 6.04. The van der Waals surface area contributed by atoms with Gasteiger partial charge in [-0.15, -0.1) is 0 Å². The molecule has 3 aromatic rings. The molecule has 1 amide bonds. The number of para-hydroxylation sites is 1. The van der Waals surface area contributed by atoms with Crippen LogP contribution in [0.1, 0.15) is 33.2 Å². The first kappa shape index (κ1) is 17.2. The molecule has 2 aliphatic rings. The van der Waals surface area contributed by atoms with E-state index in [0.717, 1.165) is 11.3 Å². The minimum Gasteiger partial charge on any atom is -0.493 e. The quantitative estimate of drug-likeness (QED) is 0.736. The second-order valence-electron chi connectivity index (χ2n) is 7.84. The minimum atomic E-state index is -0.491. The first-order valence-corrected chi connectivity index (χ1v) is 9.38. The summed E-state index contributed by atoms with van der Waals surface area (Å²) in [6, 6.07) is 9.66. The van der Waals surface area contributed by atoms with Crippen molar-refractivity contribution in [3.63, 3.8) is 0 Å². The predicted octanol–water partition coefficient (Wildman–Crippen LogP) is 2.45. The number of benzene rings is 1. The molecule has 5 rings (SSSR count). The van der Waals surface area contributed by atoms with Gasteiger partial charge in [0.1, 0.15) is 5.75 Å². The molecule has 1 fully saturated rings. The van der Waals surface area contributed by atoms with Crippen molar-refractivity contribution in [2.75, 3.05) is 26.3 Å². The van der Waals surface area contributed by atoms with Crippen LogP contribution < -0.4 is 4.74 Å². The number of amides is 1. The molecule has 1 aromatic carbocycles. The number of nitrogens with zero attached hydrogens (tertiary/aromatic N) is 3. The average molecular weight is 379 g/mol. The number of carbonyl (C=O) groups is 1. The Kier molecular flexibility index (Phi) is 3.71. The number of pyridine rings is 1. The maximum Gasteiger partial charge on any atom is 0.258 e. The zero-order valence-electron chi connectivity index (χ0n) is 15.8. The number of rotatable bonds is 2. The van der Waals surface area contributed by atoms with E-state index in [9.17, 15) is 9.90 Å². The Morgan fingerprint density at radius 2 is 2.18 bits per heavy atom. The number of ether oxygens (including phenoxy) is 1. The first-order valence-electron chi connectivity index (χ1n) is 9.38. The number of hydrogen-bond acceptors (Lipinski definition) is 6. The second-order valence-corrected chi connectivity index (χ2v) is 7.84. The molecule has 144 valence electrons. The molecule has 1 saturated heterocycles. The van der Waals surface area contributed by atoms with Gasteiger partial charge in [-0.2, -0.15) is 0 Å². The Labute approximate surface area is 161 Å². The lowest BCUT2D eigenvalue weighted by Crippen LogP contribution is -2.42. The summed E-state index contributed by atoms with van der Waals surface area (Å²) in [6.07, 6.45) is 0. The van der Waals surface area contributed by atoms with E-state index in [4.69, 9.17) is 9.26 Å². The van der Waals surface area contributed by atoms with E-state index in [1.165, 1.54) is 0 Å². The van der Waals surface area contributed by atoms with Gasteiger partial charge < -0.3 is 19.3 Å². The highest BCUT2D eigenvalue weighted by Crippen LogP contribution is 2.49. The minimum absolute atomic E-state index is 0.0349. The number of aromatic nitrogens is 2. The Balaban J connectivity index is 1.56. The summed E-state index contributed by atoms with van der Waals surface area (Å²) in [4.78, 5) is 19.6. The van der Waals surface area contributed by atoms with Crippen molar-refractivity contribution in [1.82, 2.24) is 15.0 Å². The van der Waals surface area contributed by atoms with Crippen molar-refractivity contribution < 1.29 is 19.2 Å². The van der Waals surface area contributed by atoms with Crippen molar-refractivity contribution in [2.24, 2.45) is 5.41 Å². The van der Waals surface area contributed by atoms with Crippen molar-refractivity contribution >= 4 is 17.0 Å². The average Bonchev–Trinajstić information content (AvgIpc) is 3.28. The SMILES string of the molecule is Cc1cc(C(=O)N2C[C@@H]3c4ccccc4OC[C@]3(CO)C2)c2c(C)noc2n1. The fraction of sp³-hybridized carbons (Fsp3) is 0.381. The molecule has 0 aliphatic carbocycles. The van der Waals surface area contributed by atoms with Crippen LogP contribution in [-0.4, -0.2) is 52.4 Å². The molecule has 2 aliphatic heterocycles. The molecule has 1 N–H and O–H groups in total. The van der Waals surface area contributed by atoms with Gasteiger partial charge in [-0.05, 0) is 31.5 Å². The Morgan fingerprint density at radius 3 is 3.00 bits per heavy atom. The molecule has 2 aromatic heterocycles.